The van der Waals surface area contributed by atoms with Crippen molar-refractivity contribution in [3.05, 3.63) is 65.7 Å². The molecule has 1 heterocycles. The largest absolute Gasteiger partial charge is 0.497 e. The first-order chi connectivity index (χ1) is 19.7. The minimum absolute atomic E-state index is 0.130. The number of hydrogen-bond acceptors (Lipinski definition) is 6. The number of rotatable bonds is 13. The average molecular weight is 583 g/mol. The van der Waals surface area contributed by atoms with E-state index in [2.05, 4.69) is 21.3 Å². The van der Waals surface area contributed by atoms with Gasteiger partial charge >= 0.3 is 0 Å². The Balaban J connectivity index is 1.69. The summed E-state index contributed by atoms with van der Waals surface area (Å²) in [4.78, 5) is 42.0. The van der Waals surface area contributed by atoms with Gasteiger partial charge in [0.25, 0.3) is 0 Å². The number of nitrogens with one attached hydrogen (secondary N) is 4. The van der Waals surface area contributed by atoms with Gasteiger partial charge in [0.2, 0.25) is 17.7 Å². The van der Waals surface area contributed by atoms with E-state index in [1.165, 1.54) is 0 Å². The van der Waals surface area contributed by atoms with E-state index in [-0.39, 0.29) is 28.8 Å². The highest BCUT2D eigenvalue weighted by Crippen LogP contribution is 2.21. The topological polar surface area (TPSA) is 138 Å². The molecule has 2 aromatic rings. The lowest BCUT2D eigenvalue weighted by Crippen LogP contribution is -2.59. The van der Waals surface area contributed by atoms with Crippen molar-refractivity contribution < 1.29 is 19.1 Å². The maximum atomic E-state index is 13.9. The van der Waals surface area contributed by atoms with Crippen molar-refractivity contribution in [3.63, 3.8) is 0 Å². The summed E-state index contributed by atoms with van der Waals surface area (Å²) in [5.41, 5.74) is 7.74. The minimum atomic E-state index is -0.840. The molecule has 0 saturated carbocycles. The molecule has 2 aromatic carbocycles. The summed E-state index contributed by atoms with van der Waals surface area (Å²) in [6.07, 6.45) is 2.44. The number of carbonyl (C=O) groups excluding carboxylic acids is 3. The predicted octanol–water partition coefficient (Wildman–Crippen LogP) is 1.13. The molecule has 0 radical (unpaired) electrons. The molecule has 3 rings (SSSR count). The number of thiocarbonyl (C=S) groups is 1. The molecular formula is C30H42N6O4S. The fourth-order valence-corrected chi connectivity index (χ4v) is 5.12. The Morgan fingerprint density at radius 1 is 1.07 bits per heavy atom. The van der Waals surface area contributed by atoms with Crippen LogP contribution in [0.4, 0.5) is 0 Å². The van der Waals surface area contributed by atoms with Crippen molar-refractivity contribution in [1.29, 1.82) is 0 Å². The molecule has 4 atom stereocenters. The number of hydrogen-bond donors (Lipinski definition) is 5. The van der Waals surface area contributed by atoms with Gasteiger partial charge in [-0.15, -0.1) is 0 Å². The van der Waals surface area contributed by atoms with Crippen molar-refractivity contribution in [2.75, 3.05) is 33.8 Å². The summed E-state index contributed by atoms with van der Waals surface area (Å²) < 4.78 is 5.19. The fraction of sp³-hybridized carbons (Fsp3) is 0.467. The third kappa shape index (κ3) is 9.43. The van der Waals surface area contributed by atoms with Crippen molar-refractivity contribution >= 4 is 35.1 Å². The number of likely N-dealkylation sites (tertiary alicyclic amines) is 1. The summed E-state index contributed by atoms with van der Waals surface area (Å²) >= 11 is 4.99. The Labute approximate surface area is 247 Å². The molecule has 0 aliphatic carbocycles. The van der Waals surface area contributed by atoms with Gasteiger partial charge in [0.15, 0.2) is 5.11 Å². The van der Waals surface area contributed by atoms with Gasteiger partial charge in [-0.3, -0.25) is 14.4 Å². The van der Waals surface area contributed by atoms with Crippen LogP contribution in [-0.2, 0) is 27.2 Å². The van der Waals surface area contributed by atoms with Gasteiger partial charge in [0, 0.05) is 25.6 Å². The van der Waals surface area contributed by atoms with Crippen molar-refractivity contribution in [2.24, 2.45) is 11.7 Å². The van der Waals surface area contributed by atoms with Gasteiger partial charge in [-0.05, 0) is 75.1 Å². The lowest BCUT2D eigenvalue weighted by atomic mass is 9.94. The third-order valence-corrected chi connectivity index (χ3v) is 7.64. The summed E-state index contributed by atoms with van der Waals surface area (Å²) in [6, 6.07) is 15.3. The first kappa shape index (κ1) is 31.8. The highest BCUT2D eigenvalue weighted by molar-refractivity contribution is 7.80. The number of likely N-dealkylation sites (N-methyl/N-ethyl adjacent to an activating group) is 1. The molecule has 6 N–H and O–H groups in total. The number of nitrogens with two attached hydrogens (primary N) is 1. The summed E-state index contributed by atoms with van der Waals surface area (Å²) in [7, 11) is 3.34. The zero-order valence-corrected chi connectivity index (χ0v) is 24.8. The van der Waals surface area contributed by atoms with Crippen LogP contribution in [0.25, 0.3) is 0 Å². The summed E-state index contributed by atoms with van der Waals surface area (Å²) in [6.45, 7) is 2.90. The molecule has 41 heavy (non-hydrogen) atoms. The average Bonchev–Trinajstić information content (AvgIpc) is 3.13. The maximum absolute atomic E-state index is 13.9. The van der Waals surface area contributed by atoms with Crippen LogP contribution < -0.4 is 31.7 Å². The van der Waals surface area contributed by atoms with Crippen molar-refractivity contribution in [3.8, 4) is 5.75 Å². The Bertz CT molecular complexity index is 1160. The Kier molecular flexibility index (Phi) is 12.4. The molecule has 0 spiro atoms. The highest BCUT2D eigenvalue weighted by atomic mass is 32.1. The van der Waals surface area contributed by atoms with Crippen LogP contribution in [0.1, 0.15) is 30.9 Å². The predicted molar refractivity (Wildman–Crippen MR) is 163 cm³/mol. The van der Waals surface area contributed by atoms with Gasteiger partial charge < -0.3 is 36.6 Å². The molecule has 0 unspecified atom stereocenters. The monoisotopic (exact) mass is 582 g/mol. The second kappa shape index (κ2) is 15.9. The molecule has 1 saturated heterocycles. The third-order valence-electron chi connectivity index (χ3n) is 7.50. The molecule has 3 amide bonds. The van der Waals surface area contributed by atoms with E-state index >= 15 is 0 Å². The first-order valence-electron chi connectivity index (χ1n) is 14.0. The van der Waals surface area contributed by atoms with E-state index in [1.54, 1.807) is 26.0 Å². The second-order valence-corrected chi connectivity index (χ2v) is 10.7. The van der Waals surface area contributed by atoms with E-state index in [1.807, 2.05) is 54.6 Å². The lowest BCUT2D eigenvalue weighted by molar-refractivity contribution is -0.143. The van der Waals surface area contributed by atoms with E-state index in [9.17, 15) is 14.4 Å². The zero-order chi connectivity index (χ0) is 29.8. The van der Waals surface area contributed by atoms with Crippen molar-refractivity contribution in [1.82, 2.24) is 26.2 Å². The molecule has 1 aliphatic rings. The first-order valence-corrected chi connectivity index (χ1v) is 14.4. The van der Waals surface area contributed by atoms with E-state index < -0.39 is 18.1 Å². The van der Waals surface area contributed by atoms with Crippen LogP contribution >= 0.6 is 12.2 Å². The molecule has 11 heteroatoms. The standard InChI is InChI=1S/C30H42N6O4S/c1-20(27(37)33-16-15-21-11-13-24(40-3)14-12-21)36-17-7-10-23(19-34-30(31)41)26(29(36)39)35-28(38)25(32-2)18-22-8-5-4-6-9-22/h4-6,8-9,11-14,20,23,25-26,32H,7,10,15-19H2,1-3H3,(H,33,37)(H,35,38)(H3,31,34,41)/t20-,23+,25+,26-/m0/s1. The summed E-state index contributed by atoms with van der Waals surface area (Å²) in [5, 5.41) is 12.1. The smallest absolute Gasteiger partial charge is 0.246 e. The zero-order valence-electron chi connectivity index (χ0n) is 24.0. The molecule has 1 aliphatic heterocycles. The Morgan fingerprint density at radius 2 is 1.78 bits per heavy atom. The molecule has 0 bridgehead atoms. The number of ether oxygens (including phenoxy) is 1. The van der Waals surface area contributed by atoms with Crippen LogP contribution in [0.5, 0.6) is 5.75 Å². The van der Waals surface area contributed by atoms with Crippen LogP contribution in [0.15, 0.2) is 54.6 Å². The SMILES string of the molecule is CN[C@H](Cc1ccccc1)C(=O)N[C@@H]1C(=O)N([C@@H](C)C(=O)NCCc2ccc(OC)cc2)CCC[C@@H]1CNC(N)=S. The van der Waals surface area contributed by atoms with E-state index in [0.29, 0.717) is 45.3 Å². The van der Waals surface area contributed by atoms with E-state index in [4.69, 9.17) is 22.7 Å². The minimum Gasteiger partial charge on any atom is -0.497 e. The molecule has 0 aromatic heterocycles. The fourth-order valence-electron chi connectivity index (χ4n) is 5.04. The Morgan fingerprint density at radius 3 is 2.41 bits per heavy atom. The van der Waals surface area contributed by atoms with Crippen LogP contribution in [0, 0.1) is 5.92 Å². The highest BCUT2D eigenvalue weighted by Gasteiger charge is 2.39. The lowest BCUT2D eigenvalue weighted by Gasteiger charge is -2.32. The number of nitrogens with zero attached hydrogens (tertiary/aromatic N) is 1. The number of amides is 3. The quantitative estimate of drug-likeness (QED) is 0.222. The van der Waals surface area contributed by atoms with Gasteiger partial charge in [0.1, 0.15) is 17.8 Å². The molecule has 222 valence electrons. The van der Waals surface area contributed by atoms with Crippen LogP contribution in [0.2, 0.25) is 0 Å². The molecule has 10 nitrogen and oxygen atoms in total. The van der Waals surface area contributed by atoms with Gasteiger partial charge in [-0.2, -0.15) is 0 Å². The number of benzene rings is 2. The van der Waals surface area contributed by atoms with Gasteiger partial charge in [-0.25, -0.2) is 0 Å². The molecule has 1 fully saturated rings. The van der Waals surface area contributed by atoms with Crippen LogP contribution in [-0.4, -0.2) is 79.7 Å². The maximum Gasteiger partial charge on any atom is 0.246 e. The van der Waals surface area contributed by atoms with Crippen molar-refractivity contribution in [2.45, 2.75) is 50.7 Å². The number of carbonyl (C=O) groups is 3. The van der Waals surface area contributed by atoms with Gasteiger partial charge in [0.05, 0.1) is 13.2 Å². The molecular weight excluding hydrogens is 540 g/mol. The number of methoxy groups -OCH3 is 1. The summed E-state index contributed by atoms with van der Waals surface area (Å²) in [5.74, 6) is -0.298. The Hall–Kier alpha value is -3.70. The van der Waals surface area contributed by atoms with Gasteiger partial charge in [-0.1, -0.05) is 42.5 Å². The second-order valence-electron chi connectivity index (χ2n) is 10.3. The normalized spacial score (nSPS) is 18.5. The van der Waals surface area contributed by atoms with Crippen LogP contribution in [0.3, 0.4) is 0 Å². The van der Waals surface area contributed by atoms with E-state index in [0.717, 1.165) is 16.9 Å².